The Hall–Kier alpha value is -2.16. The summed E-state index contributed by atoms with van der Waals surface area (Å²) in [6.45, 7) is 5.53. The fourth-order valence-corrected chi connectivity index (χ4v) is 2.75. The van der Waals surface area contributed by atoms with Crippen molar-refractivity contribution in [3.8, 4) is 17.2 Å². The van der Waals surface area contributed by atoms with Crippen molar-refractivity contribution >= 4 is 35.6 Å². The van der Waals surface area contributed by atoms with Crippen molar-refractivity contribution in [1.29, 1.82) is 0 Å². The predicted octanol–water partition coefficient (Wildman–Crippen LogP) is 4.26. The molecule has 2 rings (SSSR count). The molecule has 2 aromatic carbocycles. The topological polar surface area (TPSA) is 64.1 Å². The molecule has 7 heteroatoms. The number of hydrogen-bond donors (Lipinski definition) is 2. The summed E-state index contributed by atoms with van der Waals surface area (Å²) in [5, 5.41) is 6.56. The maximum atomic E-state index is 5.44. The molecular formula is C21H30IN3O3. The fourth-order valence-electron chi connectivity index (χ4n) is 2.75. The Kier molecular flexibility index (Phi) is 10.5. The first-order chi connectivity index (χ1) is 13.1. The maximum absolute atomic E-state index is 5.44. The van der Waals surface area contributed by atoms with Crippen LogP contribution in [0.25, 0.3) is 0 Å². The van der Waals surface area contributed by atoms with E-state index < -0.39 is 0 Å². The van der Waals surface area contributed by atoms with Gasteiger partial charge in [-0.2, -0.15) is 0 Å². The molecule has 0 saturated carbocycles. The molecule has 0 amide bonds. The summed E-state index contributed by atoms with van der Waals surface area (Å²) in [6.07, 6.45) is 0.799. The first-order valence-corrected chi connectivity index (χ1v) is 9.02. The Balaban J connectivity index is 0.00000392. The number of halogens is 1. The van der Waals surface area contributed by atoms with E-state index in [0.717, 1.165) is 35.9 Å². The minimum atomic E-state index is 0. The van der Waals surface area contributed by atoms with Crippen molar-refractivity contribution in [3.63, 3.8) is 0 Å². The molecule has 0 aromatic heterocycles. The van der Waals surface area contributed by atoms with Gasteiger partial charge in [0, 0.05) is 24.8 Å². The Bertz CT molecular complexity index is 781. The van der Waals surface area contributed by atoms with Crippen molar-refractivity contribution < 1.29 is 14.2 Å². The quantitative estimate of drug-likeness (QED) is 0.323. The van der Waals surface area contributed by atoms with E-state index in [4.69, 9.17) is 14.2 Å². The molecule has 2 aromatic rings. The highest BCUT2D eigenvalue weighted by atomic mass is 127. The Labute approximate surface area is 184 Å². The van der Waals surface area contributed by atoms with Crippen LogP contribution in [-0.2, 0) is 6.42 Å². The number of nitrogens with zero attached hydrogens (tertiary/aromatic N) is 1. The van der Waals surface area contributed by atoms with Crippen molar-refractivity contribution in [1.82, 2.24) is 5.32 Å². The third-order valence-electron chi connectivity index (χ3n) is 4.08. The molecule has 28 heavy (non-hydrogen) atoms. The molecule has 0 fully saturated rings. The zero-order valence-corrected chi connectivity index (χ0v) is 19.5. The van der Waals surface area contributed by atoms with Crippen molar-refractivity contribution in [2.75, 3.05) is 39.7 Å². The summed E-state index contributed by atoms with van der Waals surface area (Å²) in [7, 11) is 4.94. The number of aryl methyl sites for hydroxylation is 1. The second-order valence-corrected chi connectivity index (χ2v) is 6.02. The molecule has 0 aliphatic carbocycles. The molecular weight excluding hydrogens is 469 g/mol. The number of ether oxygens (including phenoxy) is 3. The van der Waals surface area contributed by atoms with Crippen LogP contribution in [0.2, 0.25) is 0 Å². The lowest BCUT2D eigenvalue weighted by molar-refractivity contribution is 0.355. The number of benzene rings is 2. The lowest BCUT2D eigenvalue weighted by Crippen LogP contribution is -2.30. The molecule has 0 atom stereocenters. The third-order valence-corrected chi connectivity index (χ3v) is 4.08. The molecule has 0 aliphatic rings. The highest BCUT2D eigenvalue weighted by Crippen LogP contribution is 2.29. The highest BCUT2D eigenvalue weighted by molar-refractivity contribution is 14.0. The molecule has 0 spiro atoms. The van der Waals surface area contributed by atoms with Crippen molar-refractivity contribution in [2.24, 2.45) is 4.99 Å². The third kappa shape index (κ3) is 6.78. The molecule has 0 heterocycles. The van der Waals surface area contributed by atoms with Crippen LogP contribution in [0.3, 0.4) is 0 Å². The van der Waals surface area contributed by atoms with E-state index in [2.05, 4.69) is 28.6 Å². The van der Waals surface area contributed by atoms with Gasteiger partial charge in [-0.3, -0.25) is 4.99 Å². The average Bonchev–Trinajstić information content (AvgIpc) is 2.68. The van der Waals surface area contributed by atoms with Gasteiger partial charge in [0.15, 0.2) is 17.5 Å². The van der Waals surface area contributed by atoms with Crippen LogP contribution in [0, 0.1) is 6.92 Å². The first-order valence-electron chi connectivity index (χ1n) is 9.02. The van der Waals surface area contributed by atoms with Crippen molar-refractivity contribution in [2.45, 2.75) is 20.3 Å². The van der Waals surface area contributed by atoms with Gasteiger partial charge in [-0.05, 0) is 44.0 Å². The van der Waals surface area contributed by atoms with E-state index in [0.29, 0.717) is 18.0 Å². The van der Waals surface area contributed by atoms with E-state index in [1.165, 1.54) is 5.56 Å². The predicted molar refractivity (Wildman–Crippen MR) is 126 cm³/mol. The molecule has 2 N–H and O–H groups in total. The maximum Gasteiger partial charge on any atom is 0.195 e. The van der Waals surface area contributed by atoms with Crippen LogP contribution in [0.4, 0.5) is 5.69 Å². The van der Waals surface area contributed by atoms with Gasteiger partial charge in [-0.25, -0.2) is 0 Å². The number of rotatable bonds is 8. The van der Waals surface area contributed by atoms with Gasteiger partial charge in [0.1, 0.15) is 5.75 Å². The lowest BCUT2D eigenvalue weighted by Gasteiger charge is -2.14. The normalized spacial score (nSPS) is 10.7. The summed E-state index contributed by atoms with van der Waals surface area (Å²) in [5.74, 6) is 2.98. The zero-order valence-electron chi connectivity index (χ0n) is 17.2. The van der Waals surface area contributed by atoms with Crippen LogP contribution in [0.5, 0.6) is 17.2 Å². The largest absolute Gasteiger partial charge is 0.496 e. The van der Waals surface area contributed by atoms with Crippen LogP contribution >= 0.6 is 24.0 Å². The van der Waals surface area contributed by atoms with Gasteiger partial charge in [0.2, 0.25) is 0 Å². The van der Waals surface area contributed by atoms with E-state index in [1.54, 1.807) is 21.3 Å². The van der Waals surface area contributed by atoms with Gasteiger partial charge in [0.05, 0.1) is 21.3 Å². The fraction of sp³-hybridized carbons (Fsp3) is 0.381. The number of guanidine groups is 1. The molecule has 0 aliphatic heterocycles. The second kappa shape index (κ2) is 12.3. The smallest absolute Gasteiger partial charge is 0.195 e. The molecule has 0 saturated heterocycles. The summed E-state index contributed by atoms with van der Waals surface area (Å²) in [5.41, 5.74) is 3.24. The number of anilines is 1. The van der Waals surface area contributed by atoms with Crippen molar-refractivity contribution in [3.05, 3.63) is 47.5 Å². The minimum Gasteiger partial charge on any atom is -0.496 e. The molecule has 0 radical (unpaired) electrons. The summed E-state index contributed by atoms with van der Waals surface area (Å²) >= 11 is 0. The van der Waals surface area contributed by atoms with Crippen LogP contribution in [0.15, 0.2) is 41.4 Å². The Morgan fingerprint density at radius 3 is 2.25 bits per heavy atom. The van der Waals surface area contributed by atoms with Crippen LogP contribution < -0.4 is 24.8 Å². The van der Waals surface area contributed by atoms with Gasteiger partial charge >= 0.3 is 0 Å². The minimum absolute atomic E-state index is 0. The average molecular weight is 499 g/mol. The highest BCUT2D eigenvalue weighted by Gasteiger charge is 2.07. The standard InChI is InChI=1S/C21H29N3O3.HI/c1-6-22-21(24-17-8-10-19(26-4)20(14-17)27-5)23-12-11-16-13-15(2)7-9-18(16)25-3;/h7-10,13-14H,6,11-12H2,1-5H3,(H2,22,23,24);1H. The molecule has 0 bridgehead atoms. The first kappa shape index (κ1) is 23.9. The molecule has 0 unspecified atom stereocenters. The number of methoxy groups -OCH3 is 3. The summed E-state index contributed by atoms with van der Waals surface area (Å²) in [4.78, 5) is 4.67. The van der Waals surface area contributed by atoms with Gasteiger partial charge in [-0.1, -0.05) is 17.7 Å². The monoisotopic (exact) mass is 499 g/mol. The van der Waals surface area contributed by atoms with Gasteiger partial charge in [-0.15, -0.1) is 24.0 Å². The van der Waals surface area contributed by atoms with Crippen LogP contribution in [0.1, 0.15) is 18.1 Å². The van der Waals surface area contributed by atoms with Gasteiger partial charge in [0.25, 0.3) is 0 Å². The second-order valence-electron chi connectivity index (χ2n) is 6.02. The number of hydrogen-bond acceptors (Lipinski definition) is 4. The molecule has 6 nitrogen and oxygen atoms in total. The van der Waals surface area contributed by atoms with E-state index in [1.807, 2.05) is 37.3 Å². The summed E-state index contributed by atoms with van der Waals surface area (Å²) < 4.78 is 16.1. The number of aliphatic imine (C=N–C) groups is 1. The summed E-state index contributed by atoms with van der Waals surface area (Å²) in [6, 6.07) is 11.9. The lowest BCUT2D eigenvalue weighted by atomic mass is 10.1. The number of nitrogens with one attached hydrogen (secondary N) is 2. The van der Waals surface area contributed by atoms with Crippen LogP contribution in [-0.4, -0.2) is 40.4 Å². The van der Waals surface area contributed by atoms with E-state index >= 15 is 0 Å². The van der Waals surface area contributed by atoms with E-state index in [-0.39, 0.29) is 24.0 Å². The Morgan fingerprint density at radius 1 is 0.929 bits per heavy atom. The van der Waals surface area contributed by atoms with Gasteiger partial charge < -0.3 is 24.8 Å². The van der Waals surface area contributed by atoms with E-state index in [9.17, 15) is 0 Å². The molecule has 154 valence electrons. The zero-order chi connectivity index (χ0) is 19.6. The SMILES string of the molecule is CCNC(=NCCc1cc(C)ccc1OC)Nc1ccc(OC)c(OC)c1.I. The Morgan fingerprint density at radius 2 is 1.61 bits per heavy atom.